The molecule has 1 unspecified atom stereocenters. The van der Waals surface area contributed by atoms with Gasteiger partial charge in [-0.3, -0.25) is 0 Å². The lowest BCUT2D eigenvalue weighted by atomic mass is 10.1. The first-order valence-electron chi connectivity index (χ1n) is 4.24. The number of hydrogen-bond acceptors (Lipinski definition) is 4. The molecule has 0 radical (unpaired) electrons. The molecule has 0 bridgehead atoms. The summed E-state index contributed by atoms with van der Waals surface area (Å²) < 4.78 is 10.1. The number of aliphatic hydroxyl groups excluding tert-OH is 2. The largest absolute Gasteiger partial charge is 0.493 e. The van der Waals surface area contributed by atoms with E-state index in [-0.39, 0.29) is 6.61 Å². The summed E-state index contributed by atoms with van der Waals surface area (Å²) in [5.74, 6) is 0.994. The SMILES string of the molecule is COc1cccc(C(O)CO)c1OC. The number of rotatable bonds is 4. The molecule has 0 fully saturated rings. The summed E-state index contributed by atoms with van der Waals surface area (Å²) >= 11 is 0. The second-order valence-corrected chi connectivity index (χ2v) is 2.78. The Morgan fingerprint density at radius 3 is 2.50 bits per heavy atom. The van der Waals surface area contributed by atoms with Crippen molar-refractivity contribution >= 4 is 0 Å². The van der Waals surface area contributed by atoms with Crippen LogP contribution in [0.25, 0.3) is 0 Å². The molecule has 1 aromatic rings. The molecule has 0 aliphatic heterocycles. The molecule has 14 heavy (non-hydrogen) atoms. The van der Waals surface area contributed by atoms with Gasteiger partial charge in [-0.15, -0.1) is 0 Å². The van der Waals surface area contributed by atoms with E-state index in [1.165, 1.54) is 14.2 Å². The molecule has 78 valence electrons. The summed E-state index contributed by atoms with van der Waals surface area (Å²) in [6.07, 6.45) is -0.944. The standard InChI is InChI=1S/C10H14O4/c1-13-9-5-3-4-7(8(12)6-11)10(9)14-2/h3-5,8,11-12H,6H2,1-2H3. The first-order chi connectivity index (χ1) is 6.74. The summed E-state index contributed by atoms with van der Waals surface area (Å²) in [4.78, 5) is 0. The van der Waals surface area contributed by atoms with Gasteiger partial charge in [0.15, 0.2) is 11.5 Å². The van der Waals surface area contributed by atoms with Gasteiger partial charge in [-0.25, -0.2) is 0 Å². The third-order valence-corrected chi connectivity index (χ3v) is 1.97. The monoisotopic (exact) mass is 198 g/mol. The van der Waals surface area contributed by atoms with Gasteiger partial charge in [-0.05, 0) is 6.07 Å². The Labute approximate surface area is 82.7 Å². The van der Waals surface area contributed by atoms with Crippen molar-refractivity contribution < 1.29 is 19.7 Å². The number of ether oxygens (including phenoxy) is 2. The van der Waals surface area contributed by atoms with Gasteiger partial charge in [0.25, 0.3) is 0 Å². The highest BCUT2D eigenvalue weighted by Crippen LogP contribution is 2.34. The summed E-state index contributed by atoms with van der Waals surface area (Å²) in [5, 5.41) is 18.3. The molecule has 0 aliphatic carbocycles. The zero-order valence-electron chi connectivity index (χ0n) is 8.23. The zero-order valence-corrected chi connectivity index (χ0v) is 8.23. The molecule has 0 amide bonds. The molecule has 0 spiro atoms. The fourth-order valence-electron chi connectivity index (χ4n) is 1.27. The lowest BCUT2D eigenvalue weighted by Gasteiger charge is -2.15. The highest BCUT2D eigenvalue weighted by Gasteiger charge is 2.15. The molecular formula is C10H14O4. The third kappa shape index (κ3) is 1.97. The third-order valence-electron chi connectivity index (χ3n) is 1.97. The zero-order chi connectivity index (χ0) is 10.6. The minimum Gasteiger partial charge on any atom is -0.493 e. The predicted octanol–water partition coefficient (Wildman–Crippen LogP) is 0.729. The Morgan fingerprint density at radius 1 is 1.29 bits per heavy atom. The molecule has 0 saturated heterocycles. The molecule has 0 heterocycles. The summed E-state index contributed by atoms with van der Waals surface area (Å²) in [7, 11) is 3.01. The van der Waals surface area contributed by atoms with Crippen LogP contribution in [0.4, 0.5) is 0 Å². The number of methoxy groups -OCH3 is 2. The van der Waals surface area contributed by atoms with E-state index in [0.29, 0.717) is 17.1 Å². The smallest absolute Gasteiger partial charge is 0.166 e. The van der Waals surface area contributed by atoms with Gasteiger partial charge in [0, 0.05) is 5.56 Å². The summed E-state index contributed by atoms with van der Waals surface area (Å²) in [6.45, 7) is -0.344. The topological polar surface area (TPSA) is 58.9 Å². The van der Waals surface area contributed by atoms with Gasteiger partial charge in [0.1, 0.15) is 6.10 Å². The van der Waals surface area contributed by atoms with Crippen LogP contribution in [0.5, 0.6) is 11.5 Å². The second-order valence-electron chi connectivity index (χ2n) is 2.78. The maximum absolute atomic E-state index is 9.48. The molecule has 0 saturated carbocycles. The maximum Gasteiger partial charge on any atom is 0.166 e. The summed E-state index contributed by atoms with van der Waals surface area (Å²) in [5.41, 5.74) is 0.523. The van der Waals surface area contributed by atoms with Gasteiger partial charge in [-0.1, -0.05) is 12.1 Å². The quantitative estimate of drug-likeness (QED) is 0.748. The van der Waals surface area contributed by atoms with Crippen LogP contribution in [0.15, 0.2) is 18.2 Å². The lowest BCUT2D eigenvalue weighted by molar-refractivity contribution is 0.0929. The Kier molecular flexibility index (Phi) is 3.73. The van der Waals surface area contributed by atoms with E-state index in [0.717, 1.165) is 0 Å². The van der Waals surface area contributed by atoms with Gasteiger partial charge in [-0.2, -0.15) is 0 Å². The Hall–Kier alpha value is -1.26. The minimum atomic E-state index is -0.944. The molecule has 0 aliphatic rings. The van der Waals surface area contributed by atoms with Crippen LogP contribution in [0.1, 0.15) is 11.7 Å². The van der Waals surface area contributed by atoms with E-state index < -0.39 is 6.10 Å². The van der Waals surface area contributed by atoms with Crippen molar-refractivity contribution in [2.45, 2.75) is 6.10 Å². The van der Waals surface area contributed by atoms with Crippen molar-refractivity contribution in [3.8, 4) is 11.5 Å². The predicted molar refractivity (Wildman–Crippen MR) is 51.6 cm³/mol. The van der Waals surface area contributed by atoms with Crippen LogP contribution < -0.4 is 9.47 Å². The normalized spacial score (nSPS) is 12.3. The van der Waals surface area contributed by atoms with Crippen LogP contribution in [0.2, 0.25) is 0 Å². The van der Waals surface area contributed by atoms with Crippen LogP contribution >= 0.6 is 0 Å². The van der Waals surface area contributed by atoms with Crippen molar-refractivity contribution in [3.63, 3.8) is 0 Å². The van der Waals surface area contributed by atoms with E-state index >= 15 is 0 Å². The molecule has 4 nitrogen and oxygen atoms in total. The van der Waals surface area contributed by atoms with Crippen LogP contribution in [-0.4, -0.2) is 31.0 Å². The van der Waals surface area contributed by atoms with Gasteiger partial charge < -0.3 is 19.7 Å². The fourth-order valence-corrected chi connectivity index (χ4v) is 1.27. The average Bonchev–Trinajstić information content (AvgIpc) is 2.26. The van der Waals surface area contributed by atoms with Crippen molar-refractivity contribution in [2.24, 2.45) is 0 Å². The molecule has 0 aromatic heterocycles. The van der Waals surface area contributed by atoms with E-state index in [1.54, 1.807) is 18.2 Å². The number of hydrogen-bond donors (Lipinski definition) is 2. The molecule has 2 N–H and O–H groups in total. The second kappa shape index (κ2) is 4.83. The highest BCUT2D eigenvalue weighted by atomic mass is 16.5. The van der Waals surface area contributed by atoms with Crippen LogP contribution in [0, 0.1) is 0 Å². The van der Waals surface area contributed by atoms with Crippen molar-refractivity contribution in [3.05, 3.63) is 23.8 Å². The molecule has 1 atom stereocenters. The van der Waals surface area contributed by atoms with Crippen LogP contribution in [0.3, 0.4) is 0 Å². The van der Waals surface area contributed by atoms with Gasteiger partial charge in [0.2, 0.25) is 0 Å². The van der Waals surface area contributed by atoms with E-state index in [2.05, 4.69) is 0 Å². The Bertz CT molecular complexity index is 298. The maximum atomic E-state index is 9.48. The van der Waals surface area contributed by atoms with Crippen molar-refractivity contribution in [1.29, 1.82) is 0 Å². The number of aliphatic hydroxyl groups is 2. The molecule has 4 heteroatoms. The average molecular weight is 198 g/mol. The van der Waals surface area contributed by atoms with Gasteiger partial charge >= 0.3 is 0 Å². The number of benzene rings is 1. The molecule has 1 rings (SSSR count). The first-order valence-corrected chi connectivity index (χ1v) is 4.24. The Balaban J connectivity index is 3.14. The van der Waals surface area contributed by atoms with Crippen molar-refractivity contribution in [2.75, 3.05) is 20.8 Å². The lowest BCUT2D eigenvalue weighted by Crippen LogP contribution is -2.05. The number of para-hydroxylation sites is 1. The van der Waals surface area contributed by atoms with E-state index in [4.69, 9.17) is 14.6 Å². The highest BCUT2D eigenvalue weighted by molar-refractivity contribution is 5.47. The first kappa shape index (κ1) is 10.8. The van der Waals surface area contributed by atoms with Crippen molar-refractivity contribution in [1.82, 2.24) is 0 Å². The fraction of sp³-hybridized carbons (Fsp3) is 0.400. The Morgan fingerprint density at radius 2 is 2.00 bits per heavy atom. The van der Waals surface area contributed by atoms with Gasteiger partial charge in [0.05, 0.1) is 20.8 Å². The van der Waals surface area contributed by atoms with Crippen LogP contribution in [-0.2, 0) is 0 Å². The molecule has 1 aromatic carbocycles. The summed E-state index contributed by atoms with van der Waals surface area (Å²) in [6, 6.07) is 5.14. The van der Waals surface area contributed by atoms with E-state index in [9.17, 15) is 5.11 Å². The van der Waals surface area contributed by atoms with E-state index in [1.807, 2.05) is 0 Å². The minimum absolute atomic E-state index is 0.344. The molecular weight excluding hydrogens is 184 g/mol.